The minimum Gasteiger partial charge on any atom is -0.496 e. The lowest BCUT2D eigenvalue weighted by atomic mass is 9.77. The molecule has 0 radical (unpaired) electrons. The highest BCUT2D eigenvalue weighted by Gasteiger charge is 2.39. The zero-order valence-electron chi connectivity index (χ0n) is 12.4. The summed E-state index contributed by atoms with van der Waals surface area (Å²) in [6, 6.07) is 15.1. The van der Waals surface area contributed by atoms with Gasteiger partial charge in [-0.25, -0.2) is 0 Å². The van der Waals surface area contributed by atoms with Crippen LogP contribution in [0.1, 0.15) is 29.5 Å². The molecule has 1 N–H and O–H groups in total. The van der Waals surface area contributed by atoms with Crippen molar-refractivity contribution in [1.82, 2.24) is 0 Å². The van der Waals surface area contributed by atoms with Crippen LogP contribution in [0.5, 0.6) is 5.75 Å². The smallest absolute Gasteiger partial charge is 0.124 e. The van der Waals surface area contributed by atoms with E-state index in [9.17, 15) is 0 Å². The molecule has 2 aromatic carbocycles. The van der Waals surface area contributed by atoms with E-state index < -0.39 is 0 Å². The Balaban J connectivity index is 1.84. The van der Waals surface area contributed by atoms with Crippen LogP contribution < -0.4 is 10.1 Å². The SMILES string of the molecule is COc1ccccc1[C@@H]1Nc2c(Br)cccc2[C@@H]2C=CC[C@@H]21. The van der Waals surface area contributed by atoms with E-state index in [1.807, 2.05) is 12.1 Å². The molecule has 0 bridgehead atoms. The molecule has 22 heavy (non-hydrogen) atoms. The number of methoxy groups -OCH3 is 1. The van der Waals surface area contributed by atoms with Gasteiger partial charge in [0, 0.05) is 16.0 Å². The van der Waals surface area contributed by atoms with Crippen molar-refractivity contribution in [3.05, 3.63) is 70.2 Å². The van der Waals surface area contributed by atoms with Gasteiger partial charge < -0.3 is 10.1 Å². The average molecular weight is 356 g/mol. The Kier molecular flexibility index (Phi) is 3.45. The van der Waals surface area contributed by atoms with Crippen molar-refractivity contribution in [1.29, 1.82) is 0 Å². The quantitative estimate of drug-likeness (QED) is 0.739. The molecule has 1 heterocycles. The predicted molar refractivity (Wildman–Crippen MR) is 93.5 cm³/mol. The van der Waals surface area contributed by atoms with Crippen LogP contribution in [0.25, 0.3) is 0 Å². The summed E-state index contributed by atoms with van der Waals surface area (Å²) in [7, 11) is 1.75. The summed E-state index contributed by atoms with van der Waals surface area (Å²) >= 11 is 3.70. The molecule has 1 aliphatic carbocycles. The molecule has 0 spiro atoms. The first kappa shape index (κ1) is 13.9. The second-order valence-corrected chi connectivity index (χ2v) is 6.78. The average Bonchev–Trinajstić information content (AvgIpc) is 3.04. The van der Waals surface area contributed by atoms with Gasteiger partial charge in [0.15, 0.2) is 0 Å². The molecule has 0 unspecified atom stereocenters. The van der Waals surface area contributed by atoms with Gasteiger partial charge in [-0.2, -0.15) is 0 Å². The lowest BCUT2D eigenvalue weighted by molar-refractivity contribution is 0.381. The van der Waals surface area contributed by atoms with E-state index in [1.54, 1.807) is 7.11 Å². The van der Waals surface area contributed by atoms with Crippen LogP contribution in [-0.2, 0) is 0 Å². The predicted octanol–water partition coefficient (Wildman–Crippen LogP) is 5.28. The zero-order chi connectivity index (χ0) is 15.1. The van der Waals surface area contributed by atoms with Crippen LogP contribution in [-0.4, -0.2) is 7.11 Å². The third-order valence-corrected chi connectivity index (χ3v) is 5.48. The van der Waals surface area contributed by atoms with Gasteiger partial charge in [0.1, 0.15) is 5.75 Å². The summed E-state index contributed by atoms with van der Waals surface area (Å²) in [6.07, 6.45) is 5.78. The Bertz CT molecular complexity index is 740. The van der Waals surface area contributed by atoms with E-state index in [2.05, 4.69) is 63.7 Å². The maximum Gasteiger partial charge on any atom is 0.124 e. The number of rotatable bonds is 2. The van der Waals surface area contributed by atoms with Crippen LogP contribution >= 0.6 is 15.9 Å². The topological polar surface area (TPSA) is 21.3 Å². The fourth-order valence-electron chi connectivity index (χ4n) is 3.81. The van der Waals surface area contributed by atoms with E-state index >= 15 is 0 Å². The summed E-state index contributed by atoms with van der Waals surface area (Å²) in [4.78, 5) is 0. The molecule has 2 aromatic rings. The molecule has 0 aromatic heterocycles. The second-order valence-electron chi connectivity index (χ2n) is 5.92. The molecule has 3 heteroatoms. The number of benzene rings is 2. The number of nitrogens with one attached hydrogen (secondary N) is 1. The zero-order valence-corrected chi connectivity index (χ0v) is 14.0. The molecule has 0 saturated heterocycles. The normalized spacial score (nSPS) is 25.3. The number of anilines is 1. The van der Waals surface area contributed by atoms with Gasteiger partial charge in [-0.3, -0.25) is 0 Å². The Morgan fingerprint density at radius 1 is 1.09 bits per heavy atom. The molecule has 0 fully saturated rings. The monoisotopic (exact) mass is 355 g/mol. The molecule has 1 aliphatic heterocycles. The van der Waals surface area contributed by atoms with Gasteiger partial charge in [0.25, 0.3) is 0 Å². The standard InChI is InChI=1S/C19H18BrNO/c1-22-17-11-3-2-6-15(17)18-13-8-4-7-12(13)14-9-5-10-16(20)19(14)21-18/h2-7,9-13,18,21H,8H2,1H3/t12-,13+,18-/m1/s1. The van der Waals surface area contributed by atoms with Crippen molar-refractivity contribution >= 4 is 21.6 Å². The molecule has 0 saturated carbocycles. The van der Waals surface area contributed by atoms with Crippen LogP contribution in [0.15, 0.2) is 59.1 Å². The van der Waals surface area contributed by atoms with E-state index in [0.29, 0.717) is 11.8 Å². The summed E-state index contributed by atoms with van der Waals surface area (Å²) in [5, 5.41) is 3.76. The Morgan fingerprint density at radius 2 is 1.91 bits per heavy atom. The summed E-state index contributed by atoms with van der Waals surface area (Å²) < 4.78 is 6.72. The van der Waals surface area contributed by atoms with Crippen LogP contribution in [0.4, 0.5) is 5.69 Å². The summed E-state index contributed by atoms with van der Waals surface area (Å²) in [6.45, 7) is 0. The third kappa shape index (κ3) is 2.07. The fraction of sp³-hybridized carbons (Fsp3) is 0.263. The lowest BCUT2D eigenvalue weighted by Gasteiger charge is -2.38. The number of hydrogen-bond acceptors (Lipinski definition) is 2. The van der Waals surface area contributed by atoms with Crippen LogP contribution in [0.2, 0.25) is 0 Å². The molecular weight excluding hydrogens is 338 g/mol. The van der Waals surface area contributed by atoms with E-state index in [1.165, 1.54) is 16.8 Å². The van der Waals surface area contributed by atoms with Crippen LogP contribution in [0.3, 0.4) is 0 Å². The fourth-order valence-corrected chi connectivity index (χ4v) is 4.31. The Labute approximate surface area is 139 Å². The highest BCUT2D eigenvalue weighted by molar-refractivity contribution is 9.10. The van der Waals surface area contributed by atoms with Gasteiger partial charge in [-0.05, 0) is 46.0 Å². The van der Waals surface area contributed by atoms with Crippen molar-refractivity contribution in [3.8, 4) is 5.75 Å². The van der Waals surface area contributed by atoms with Crippen molar-refractivity contribution in [2.45, 2.75) is 18.4 Å². The maximum absolute atomic E-state index is 5.59. The van der Waals surface area contributed by atoms with Crippen molar-refractivity contribution in [2.24, 2.45) is 5.92 Å². The van der Waals surface area contributed by atoms with Gasteiger partial charge in [-0.1, -0.05) is 42.5 Å². The Hall–Kier alpha value is -1.74. The van der Waals surface area contributed by atoms with Gasteiger partial charge in [-0.15, -0.1) is 0 Å². The molecule has 4 rings (SSSR count). The molecule has 2 aliphatic rings. The van der Waals surface area contributed by atoms with Crippen LogP contribution in [0, 0.1) is 5.92 Å². The van der Waals surface area contributed by atoms with Crippen molar-refractivity contribution < 1.29 is 4.74 Å². The number of hydrogen-bond donors (Lipinski definition) is 1. The number of fused-ring (bicyclic) bond motifs is 3. The molecule has 112 valence electrons. The summed E-state index contributed by atoms with van der Waals surface area (Å²) in [5.41, 5.74) is 3.84. The lowest BCUT2D eigenvalue weighted by Crippen LogP contribution is -2.29. The molecule has 0 amide bonds. The van der Waals surface area contributed by atoms with E-state index in [0.717, 1.165) is 16.6 Å². The number of ether oxygens (including phenoxy) is 1. The van der Waals surface area contributed by atoms with Gasteiger partial charge >= 0.3 is 0 Å². The van der Waals surface area contributed by atoms with Crippen molar-refractivity contribution in [3.63, 3.8) is 0 Å². The van der Waals surface area contributed by atoms with Gasteiger partial charge in [0.2, 0.25) is 0 Å². The van der Waals surface area contributed by atoms with E-state index in [-0.39, 0.29) is 6.04 Å². The number of allylic oxidation sites excluding steroid dienone is 2. The molecule has 3 atom stereocenters. The third-order valence-electron chi connectivity index (χ3n) is 4.82. The number of para-hydroxylation sites is 2. The first-order valence-corrected chi connectivity index (χ1v) is 8.43. The summed E-state index contributed by atoms with van der Waals surface area (Å²) in [5.74, 6) is 1.97. The maximum atomic E-state index is 5.59. The minimum absolute atomic E-state index is 0.266. The highest BCUT2D eigenvalue weighted by Crippen LogP contribution is 2.52. The molecule has 2 nitrogen and oxygen atoms in total. The largest absolute Gasteiger partial charge is 0.496 e. The van der Waals surface area contributed by atoms with Gasteiger partial charge in [0.05, 0.1) is 18.8 Å². The molecular formula is C19H18BrNO. The first-order valence-electron chi connectivity index (χ1n) is 7.64. The second kappa shape index (κ2) is 5.47. The number of halogens is 1. The first-order chi connectivity index (χ1) is 10.8. The minimum atomic E-state index is 0.266. The van der Waals surface area contributed by atoms with Crippen molar-refractivity contribution in [2.75, 3.05) is 12.4 Å². The highest BCUT2D eigenvalue weighted by atomic mass is 79.9. The van der Waals surface area contributed by atoms with E-state index in [4.69, 9.17) is 4.74 Å². The Morgan fingerprint density at radius 3 is 2.77 bits per heavy atom.